The molecule has 4 heteroatoms. The lowest BCUT2D eigenvalue weighted by atomic mass is 9.97. The molecule has 3 rings (SSSR count). The standard InChI is InChI=1S/C15H15IN2O/c1-9-11(8-10-4-2-3-5-12(10)16)14-13(18-9)6-7-17-15(14)19/h2-5,18H,6-8H2,1H3,(H,17,19). The molecule has 0 fully saturated rings. The van der Waals surface area contributed by atoms with Crippen molar-refractivity contribution < 1.29 is 4.79 Å². The Morgan fingerprint density at radius 3 is 2.89 bits per heavy atom. The Labute approximate surface area is 125 Å². The maximum absolute atomic E-state index is 12.1. The van der Waals surface area contributed by atoms with Gasteiger partial charge in [-0.2, -0.15) is 0 Å². The molecule has 0 bridgehead atoms. The minimum atomic E-state index is 0.0616. The maximum atomic E-state index is 12.1. The first-order chi connectivity index (χ1) is 9.16. The van der Waals surface area contributed by atoms with E-state index in [-0.39, 0.29) is 5.91 Å². The maximum Gasteiger partial charge on any atom is 0.253 e. The van der Waals surface area contributed by atoms with Gasteiger partial charge in [0, 0.05) is 34.3 Å². The third-order valence-corrected chi connectivity index (χ3v) is 4.66. The van der Waals surface area contributed by atoms with Crippen molar-refractivity contribution in [2.24, 2.45) is 0 Å². The van der Waals surface area contributed by atoms with E-state index >= 15 is 0 Å². The number of fused-ring (bicyclic) bond motifs is 1. The van der Waals surface area contributed by atoms with Crippen LogP contribution in [0.15, 0.2) is 24.3 Å². The minimum Gasteiger partial charge on any atom is -0.362 e. The average molecular weight is 366 g/mol. The average Bonchev–Trinajstić information content (AvgIpc) is 2.70. The number of aromatic nitrogens is 1. The fraction of sp³-hybridized carbons (Fsp3) is 0.267. The largest absolute Gasteiger partial charge is 0.362 e. The summed E-state index contributed by atoms with van der Waals surface area (Å²) in [6, 6.07) is 8.31. The van der Waals surface area contributed by atoms with Gasteiger partial charge in [0.1, 0.15) is 0 Å². The van der Waals surface area contributed by atoms with Gasteiger partial charge in [0.2, 0.25) is 0 Å². The Bertz CT molecular complexity index is 646. The van der Waals surface area contributed by atoms with Gasteiger partial charge in [0.05, 0.1) is 5.56 Å². The lowest BCUT2D eigenvalue weighted by Crippen LogP contribution is -2.32. The zero-order chi connectivity index (χ0) is 13.4. The molecule has 1 aliphatic heterocycles. The molecule has 98 valence electrons. The van der Waals surface area contributed by atoms with Gasteiger partial charge in [-0.05, 0) is 46.7 Å². The molecule has 2 aromatic rings. The number of carbonyl (C=O) groups excluding carboxylic acids is 1. The zero-order valence-electron chi connectivity index (χ0n) is 10.7. The van der Waals surface area contributed by atoms with Crippen molar-refractivity contribution in [3.8, 4) is 0 Å². The predicted octanol–water partition coefficient (Wildman–Crippen LogP) is 2.80. The fourth-order valence-electron chi connectivity index (χ4n) is 2.64. The molecule has 0 saturated heterocycles. The SMILES string of the molecule is Cc1[nH]c2c(c1Cc1ccccc1I)C(=O)NCC2. The summed E-state index contributed by atoms with van der Waals surface area (Å²) in [5.41, 5.74) is 5.47. The van der Waals surface area contributed by atoms with Crippen LogP contribution in [-0.4, -0.2) is 17.4 Å². The van der Waals surface area contributed by atoms with E-state index in [0.717, 1.165) is 41.9 Å². The van der Waals surface area contributed by atoms with E-state index in [1.54, 1.807) is 0 Å². The highest BCUT2D eigenvalue weighted by Gasteiger charge is 2.24. The highest BCUT2D eigenvalue weighted by atomic mass is 127. The summed E-state index contributed by atoms with van der Waals surface area (Å²) in [7, 11) is 0. The van der Waals surface area contributed by atoms with Crippen molar-refractivity contribution in [2.45, 2.75) is 19.8 Å². The number of aromatic amines is 1. The number of rotatable bonds is 2. The lowest BCUT2D eigenvalue weighted by molar-refractivity contribution is 0.0945. The van der Waals surface area contributed by atoms with E-state index in [2.05, 4.69) is 51.9 Å². The first-order valence-corrected chi connectivity index (χ1v) is 7.46. The summed E-state index contributed by atoms with van der Waals surface area (Å²) >= 11 is 2.35. The topological polar surface area (TPSA) is 44.9 Å². The van der Waals surface area contributed by atoms with Crippen LogP contribution in [0.1, 0.15) is 32.9 Å². The highest BCUT2D eigenvalue weighted by molar-refractivity contribution is 14.1. The third kappa shape index (κ3) is 2.29. The van der Waals surface area contributed by atoms with Crippen LogP contribution in [0.5, 0.6) is 0 Å². The molecule has 1 aliphatic rings. The van der Waals surface area contributed by atoms with Gasteiger partial charge in [-0.25, -0.2) is 0 Å². The number of aryl methyl sites for hydroxylation is 1. The molecule has 0 unspecified atom stereocenters. The molecule has 19 heavy (non-hydrogen) atoms. The number of amides is 1. The number of nitrogens with one attached hydrogen (secondary N) is 2. The number of hydrogen-bond acceptors (Lipinski definition) is 1. The summed E-state index contributed by atoms with van der Waals surface area (Å²) in [6.07, 6.45) is 1.71. The monoisotopic (exact) mass is 366 g/mol. The van der Waals surface area contributed by atoms with Crippen LogP contribution in [0.4, 0.5) is 0 Å². The van der Waals surface area contributed by atoms with Crippen molar-refractivity contribution in [1.29, 1.82) is 0 Å². The van der Waals surface area contributed by atoms with Gasteiger partial charge < -0.3 is 10.3 Å². The van der Waals surface area contributed by atoms with E-state index in [4.69, 9.17) is 0 Å². The summed E-state index contributed by atoms with van der Waals surface area (Å²) in [5.74, 6) is 0.0616. The molecule has 2 N–H and O–H groups in total. The fourth-order valence-corrected chi connectivity index (χ4v) is 3.22. The van der Waals surface area contributed by atoms with Gasteiger partial charge in [0.25, 0.3) is 5.91 Å². The minimum absolute atomic E-state index is 0.0616. The van der Waals surface area contributed by atoms with Crippen LogP contribution in [-0.2, 0) is 12.8 Å². The van der Waals surface area contributed by atoms with Crippen LogP contribution < -0.4 is 5.32 Å². The molecule has 0 atom stereocenters. The molecule has 3 nitrogen and oxygen atoms in total. The first kappa shape index (κ1) is 12.7. The summed E-state index contributed by atoms with van der Waals surface area (Å²) in [5, 5.41) is 2.93. The van der Waals surface area contributed by atoms with Gasteiger partial charge in [-0.1, -0.05) is 18.2 Å². The summed E-state index contributed by atoms with van der Waals surface area (Å²) < 4.78 is 1.24. The molecule has 0 spiro atoms. The zero-order valence-corrected chi connectivity index (χ0v) is 12.9. The molecule has 0 aliphatic carbocycles. The van der Waals surface area contributed by atoms with Crippen molar-refractivity contribution in [3.05, 3.63) is 55.9 Å². The predicted molar refractivity (Wildman–Crippen MR) is 83.5 cm³/mol. The number of hydrogen-bond donors (Lipinski definition) is 2. The van der Waals surface area contributed by atoms with E-state index in [0.29, 0.717) is 0 Å². The van der Waals surface area contributed by atoms with Crippen LogP contribution in [0.3, 0.4) is 0 Å². The Kier molecular flexibility index (Phi) is 3.35. The van der Waals surface area contributed by atoms with Gasteiger partial charge >= 0.3 is 0 Å². The number of halogens is 1. The van der Waals surface area contributed by atoms with Gasteiger partial charge in [-0.15, -0.1) is 0 Å². The second-order valence-corrected chi connectivity index (χ2v) is 6.02. The Morgan fingerprint density at radius 2 is 2.11 bits per heavy atom. The number of benzene rings is 1. The van der Waals surface area contributed by atoms with Crippen LogP contribution in [0.2, 0.25) is 0 Å². The molecule has 1 aromatic carbocycles. The Hall–Kier alpha value is -1.30. The van der Waals surface area contributed by atoms with Crippen molar-refractivity contribution >= 4 is 28.5 Å². The lowest BCUT2D eigenvalue weighted by Gasteiger charge is -2.14. The van der Waals surface area contributed by atoms with Crippen molar-refractivity contribution in [1.82, 2.24) is 10.3 Å². The molecular weight excluding hydrogens is 351 g/mol. The van der Waals surface area contributed by atoms with E-state index in [1.165, 1.54) is 9.13 Å². The molecule has 0 saturated carbocycles. The van der Waals surface area contributed by atoms with E-state index in [9.17, 15) is 4.79 Å². The van der Waals surface area contributed by atoms with Gasteiger partial charge in [-0.3, -0.25) is 4.79 Å². The Balaban J connectivity index is 2.04. The van der Waals surface area contributed by atoms with Crippen LogP contribution in [0, 0.1) is 10.5 Å². The van der Waals surface area contributed by atoms with Crippen LogP contribution in [0.25, 0.3) is 0 Å². The molecular formula is C15H15IN2O. The molecule has 1 amide bonds. The quantitative estimate of drug-likeness (QED) is 0.789. The van der Waals surface area contributed by atoms with Crippen LogP contribution >= 0.6 is 22.6 Å². The molecule has 0 radical (unpaired) electrons. The molecule has 2 heterocycles. The molecule has 1 aromatic heterocycles. The van der Waals surface area contributed by atoms with E-state index in [1.807, 2.05) is 12.1 Å². The number of H-pyrrole nitrogens is 1. The van der Waals surface area contributed by atoms with E-state index < -0.39 is 0 Å². The Morgan fingerprint density at radius 1 is 1.32 bits per heavy atom. The highest BCUT2D eigenvalue weighted by Crippen LogP contribution is 2.26. The van der Waals surface area contributed by atoms with Crippen molar-refractivity contribution in [2.75, 3.05) is 6.54 Å². The van der Waals surface area contributed by atoms with Crippen molar-refractivity contribution in [3.63, 3.8) is 0 Å². The second kappa shape index (κ2) is 5.00. The van der Waals surface area contributed by atoms with Gasteiger partial charge in [0.15, 0.2) is 0 Å². The number of carbonyl (C=O) groups is 1. The first-order valence-electron chi connectivity index (χ1n) is 6.38. The smallest absolute Gasteiger partial charge is 0.253 e. The summed E-state index contributed by atoms with van der Waals surface area (Å²) in [4.78, 5) is 15.4. The second-order valence-electron chi connectivity index (χ2n) is 4.86. The third-order valence-electron chi connectivity index (χ3n) is 3.61. The normalized spacial score (nSPS) is 14.1. The summed E-state index contributed by atoms with van der Waals surface area (Å²) in [6.45, 7) is 2.78.